The number of pyridine rings is 1. The van der Waals surface area contributed by atoms with Gasteiger partial charge in [0.05, 0.1) is 16.4 Å². The summed E-state index contributed by atoms with van der Waals surface area (Å²) >= 11 is 7.39. The third-order valence-corrected chi connectivity index (χ3v) is 3.88. The van der Waals surface area contributed by atoms with Crippen molar-refractivity contribution in [2.75, 3.05) is 5.73 Å². The fraction of sp³-hybridized carbons (Fsp3) is 0.200. The van der Waals surface area contributed by atoms with Crippen molar-refractivity contribution in [2.24, 2.45) is 0 Å². The van der Waals surface area contributed by atoms with Gasteiger partial charge in [-0.15, -0.1) is 11.3 Å². The number of halogens is 1. The molecule has 2 rings (SSSR count). The van der Waals surface area contributed by atoms with Crippen LogP contribution in [0.3, 0.4) is 0 Å². The number of hydrogen-bond acceptors (Lipinski definition) is 4. The van der Waals surface area contributed by atoms with Gasteiger partial charge in [0, 0.05) is 5.39 Å². The lowest BCUT2D eigenvalue weighted by Crippen LogP contribution is -1.91. The van der Waals surface area contributed by atoms with Gasteiger partial charge in [0.25, 0.3) is 0 Å². The molecule has 0 spiro atoms. The van der Waals surface area contributed by atoms with Gasteiger partial charge in [0.1, 0.15) is 15.8 Å². The molecule has 0 radical (unpaired) electrons. The minimum absolute atomic E-state index is 0.490. The lowest BCUT2D eigenvalue weighted by molar-refractivity contribution is 1.25. The predicted molar refractivity (Wildman–Crippen MR) is 63.2 cm³/mol. The Morgan fingerprint density at radius 2 is 2.13 bits per heavy atom. The molecule has 0 atom stereocenters. The highest BCUT2D eigenvalue weighted by Gasteiger charge is 2.15. The van der Waals surface area contributed by atoms with Crippen molar-refractivity contribution in [3.8, 4) is 6.07 Å². The summed E-state index contributed by atoms with van der Waals surface area (Å²) in [7, 11) is 0. The van der Waals surface area contributed by atoms with Crippen molar-refractivity contribution < 1.29 is 0 Å². The van der Waals surface area contributed by atoms with Gasteiger partial charge in [-0.05, 0) is 19.4 Å². The number of nitrogens with two attached hydrogens (primary N) is 1. The molecular weight excluding hydrogens is 230 g/mol. The molecule has 0 bridgehead atoms. The first kappa shape index (κ1) is 10.2. The number of anilines is 1. The summed E-state index contributed by atoms with van der Waals surface area (Å²) in [4.78, 5) is 5.60. The lowest BCUT2D eigenvalue weighted by Gasteiger charge is -2.03. The zero-order valence-corrected chi connectivity index (χ0v) is 9.83. The van der Waals surface area contributed by atoms with Gasteiger partial charge >= 0.3 is 0 Å². The Hall–Kier alpha value is -1.31. The van der Waals surface area contributed by atoms with Gasteiger partial charge < -0.3 is 5.73 Å². The number of thiophene rings is 1. The SMILES string of the molecule is Cc1nc2sc(C#N)c(N)c2c(C)c1Cl. The Morgan fingerprint density at radius 1 is 1.47 bits per heavy atom. The Kier molecular flexibility index (Phi) is 2.29. The second kappa shape index (κ2) is 3.37. The van der Waals surface area contributed by atoms with E-state index in [1.165, 1.54) is 11.3 Å². The normalized spacial score (nSPS) is 10.5. The van der Waals surface area contributed by atoms with Crippen LogP contribution >= 0.6 is 22.9 Å². The third-order valence-electron chi connectivity index (χ3n) is 2.32. The summed E-state index contributed by atoms with van der Waals surface area (Å²) < 4.78 is 0. The maximum atomic E-state index is 8.87. The van der Waals surface area contributed by atoms with E-state index in [9.17, 15) is 0 Å². The molecule has 2 aromatic heterocycles. The standard InChI is InChI=1S/C10H8ClN3S/c1-4-7-9(13)6(3-12)15-10(7)14-5(2)8(4)11/h13H2,1-2H3. The minimum atomic E-state index is 0.490. The van der Waals surface area contributed by atoms with E-state index in [1.54, 1.807) is 0 Å². The van der Waals surface area contributed by atoms with Crippen LogP contribution in [-0.2, 0) is 0 Å². The molecule has 15 heavy (non-hydrogen) atoms. The van der Waals surface area contributed by atoms with E-state index in [0.717, 1.165) is 21.5 Å². The molecule has 0 saturated heterocycles. The molecule has 2 heterocycles. The fourth-order valence-corrected chi connectivity index (χ4v) is 2.67. The van der Waals surface area contributed by atoms with Crippen LogP contribution in [0, 0.1) is 25.2 Å². The summed E-state index contributed by atoms with van der Waals surface area (Å²) in [6.45, 7) is 3.74. The van der Waals surface area contributed by atoms with Crippen LogP contribution in [0.5, 0.6) is 0 Å². The molecule has 0 aromatic carbocycles. The largest absolute Gasteiger partial charge is 0.396 e. The molecule has 0 fully saturated rings. The first-order valence-electron chi connectivity index (χ1n) is 4.31. The second-order valence-corrected chi connectivity index (χ2v) is 4.65. The van der Waals surface area contributed by atoms with E-state index < -0.39 is 0 Å². The van der Waals surface area contributed by atoms with Crippen LogP contribution < -0.4 is 5.73 Å². The molecule has 0 amide bonds. The van der Waals surface area contributed by atoms with E-state index in [4.69, 9.17) is 22.6 Å². The molecule has 2 aromatic rings. The predicted octanol–water partition coefficient (Wildman–Crippen LogP) is 3.02. The summed E-state index contributed by atoms with van der Waals surface area (Å²) in [5.74, 6) is 0. The molecule has 0 unspecified atom stereocenters. The summed E-state index contributed by atoms with van der Waals surface area (Å²) in [6, 6.07) is 2.06. The molecule has 5 heteroatoms. The fourth-order valence-electron chi connectivity index (χ4n) is 1.54. The number of nitrogen functional groups attached to an aromatic ring is 1. The number of fused-ring (bicyclic) bond motifs is 1. The van der Waals surface area contributed by atoms with E-state index in [2.05, 4.69) is 11.1 Å². The van der Waals surface area contributed by atoms with E-state index >= 15 is 0 Å². The Balaban J connectivity index is 2.98. The first-order valence-corrected chi connectivity index (χ1v) is 5.50. The maximum absolute atomic E-state index is 8.87. The average Bonchev–Trinajstić information content (AvgIpc) is 2.52. The monoisotopic (exact) mass is 237 g/mol. The third kappa shape index (κ3) is 1.36. The van der Waals surface area contributed by atoms with Crippen LogP contribution in [0.2, 0.25) is 5.02 Å². The quantitative estimate of drug-likeness (QED) is 0.766. The Bertz CT molecular complexity index is 595. The number of rotatable bonds is 0. The Morgan fingerprint density at radius 3 is 2.73 bits per heavy atom. The van der Waals surface area contributed by atoms with E-state index in [1.807, 2.05) is 13.8 Å². The molecule has 0 aliphatic carbocycles. The van der Waals surface area contributed by atoms with E-state index in [0.29, 0.717) is 15.6 Å². The average molecular weight is 238 g/mol. The Labute approximate surface area is 96.1 Å². The van der Waals surface area contributed by atoms with Crippen molar-refractivity contribution in [1.82, 2.24) is 4.98 Å². The highest BCUT2D eigenvalue weighted by Crippen LogP contribution is 2.37. The van der Waals surface area contributed by atoms with Crippen molar-refractivity contribution in [1.29, 1.82) is 5.26 Å². The highest BCUT2D eigenvalue weighted by molar-refractivity contribution is 7.19. The summed E-state index contributed by atoms with van der Waals surface area (Å²) in [5, 5.41) is 10.3. The lowest BCUT2D eigenvalue weighted by atomic mass is 10.1. The molecular formula is C10H8ClN3S. The van der Waals surface area contributed by atoms with Gasteiger partial charge in [0.2, 0.25) is 0 Å². The topological polar surface area (TPSA) is 62.7 Å². The smallest absolute Gasteiger partial charge is 0.130 e. The number of nitriles is 1. The molecule has 0 aliphatic heterocycles. The van der Waals surface area contributed by atoms with Gasteiger partial charge in [0.15, 0.2) is 0 Å². The van der Waals surface area contributed by atoms with Crippen LogP contribution in [0.15, 0.2) is 0 Å². The molecule has 0 saturated carbocycles. The zero-order valence-electron chi connectivity index (χ0n) is 8.26. The maximum Gasteiger partial charge on any atom is 0.130 e. The molecule has 0 aliphatic rings. The first-order chi connectivity index (χ1) is 7.06. The summed E-state index contributed by atoms with van der Waals surface area (Å²) in [5.41, 5.74) is 8.02. The van der Waals surface area contributed by atoms with Crippen molar-refractivity contribution in [3.05, 3.63) is 21.2 Å². The van der Waals surface area contributed by atoms with Gasteiger partial charge in [-0.1, -0.05) is 11.6 Å². The highest BCUT2D eigenvalue weighted by atomic mass is 35.5. The molecule has 3 nitrogen and oxygen atoms in total. The number of aromatic nitrogens is 1. The second-order valence-electron chi connectivity index (χ2n) is 3.27. The summed E-state index contributed by atoms with van der Waals surface area (Å²) in [6.07, 6.45) is 0. The van der Waals surface area contributed by atoms with Crippen LogP contribution in [0.1, 0.15) is 16.1 Å². The van der Waals surface area contributed by atoms with Crippen molar-refractivity contribution in [3.63, 3.8) is 0 Å². The van der Waals surface area contributed by atoms with Gasteiger partial charge in [-0.2, -0.15) is 5.26 Å². The van der Waals surface area contributed by atoms with Crippen LogP contribution in [0.25, 0.3) is 10.2 Å². The molecule has 76 valence electrons. The molecule has 2 N–H and O–H groups in total. The number of aryl methyl sites for hydroxylation is 2. The minimum Gasteiger partial charge on any atom is -0.396 e. The van der Waals surface area contributed by atoms with Crippen molar-refractivity contribution in [2.45, 2.75) is 13.8 Å². The number of nitrogens with zero attached hydrogens (tertiary/aromatic N) is 2. The van der Waals surface area contributed by atoms with Crippen LogP contribution in [-0.4, -0.2) is 4.98 Å². The van der Waals surface area contributed by atoms with Gasteiger partial charge in [-0.25, -0.2) is 4.98 Å². The number of hydrogen-bond donors (Lipinski definition) is 1. The van der Waals surface area contributed by atoms with Crippen molar-refractivity contribution >= 4 is 38.8 Å². The zero-order chi connectivity index (χ0) is 11.2. The van der Waals surface area contributed by atoms with E-state index in [-0.39, 0.29) is 0 Å². The van der Waals surface area contributed by atoms with Crippen LogP contribution in [0.4, 0.5) is 5.69 Å². The van der Waals surface area contributed by atoms with Gasteiger partial charge in [-0.3, -0.25) is 0 Å².